The van der Waals surface area contributed by atoms with Crippen molar-refractivity contribution in [3.8, 4) is 22.1 Å². The van der Waals surface area contributed by atoms with E-state index in [9.17, 15) is 0 Å². The highest BCUT2D eigenvalue weighted by Crippen LogP contribution is 2.43. The fourth-order valence-electron chi connectivity index (χ4n) is 4.88. The lowest BCUT2D eigenvalue weighted by Crippen LogP contribution is -2.30. The highest BCUT2D eigenvalue weighted by molar-refractivity contribution is 7.19. The van der Waals surface area contributed by atoms with Crippen LogP contribution < -0.4 is 10.1 Å². The average Bonchev–Trinajstić information content (AvgIpc) is 3.33. The first-order valence-electron chi connectivity index (χ1n) is 14.2. The first-order valence-corrected chi connectivity index (χ1v) is 15.0. The molecule has 0 aliphatic rings. The van der Waals surface area contributed by atoms with Crippen LogP contribution in [0.3, 0.4) is 0 Å². The molecule has 0 aliphatic heterocycles. The van der Waals surface area contributed by atoms with Gasteiger partial charge in [-0.15, -0.1) is 0 Å². The van der Waals surface area contributed by atoms with Crippen molar-refractivity contribution in [2.24, 2.45) is 5.92 Å². The minimum Gasteiger partial charge on any atom is -0.437 e. The van der Waals surface area contributed by atoms with Crippen molar-refractivity contribution in [1.82, 2.24) is 14.9 Å². The molecule has 2 aromatic carbocycles. The van der Waals surface area contributed by atoms with Crippen molar-refractivity contribution < 1.29 is 4.74 Å². The van der Waals surface area contributed by atoms with E-state index in [4.69, 9.17) is 9.72 Å². The summed E-state index contributed by atoms with van der Waals surface area (Å²) in [5, 5.41) is 4.39. The standard InChI is InChI=1S/C34H44N4OS/c1-24(2)23-38(8)22-20-34(6,7)30-29(25-15-10-9-11-16-25)40-32(37-30)36-27-18-14-21-35-31(27)39-28-19-13-12-17-26(28)33(3,4)5/h9-19,21,24H,20,22-23H2,1-8H3,(H,36,37). The predicted octanol–water partition coefficient (Wildman–Crippen LogP) is 9.29. The number of nitrogens with one attached hydrogen (secondary N) is 1. The van der Waals surface area contributed by atoms with Crippen LogP contribution in [-0.2, 0) is 10.8 Å². The fourth-order valence-corrected chi connectivity index (χ4v) is 6.05. The second kappa shape index (κ2) is 12.5. The van der Waals surface area contributed by atoms with Gasteiger partial charge in [0, 0.05) is 23.7 Å². The van der Waals surface area contributed by atoms with E-state index in [0.717, 1.165) is 47.3 Å². The van der Waals surface area contributed by atoms with Crippen LogP contribution in [-0.4, -0.2) is 35.0 Å². The third kappa shape index (κ3) is 7.49. The number of thiazole rings is 1. The summed E-state index contributed by atoms with van der Waals surface area (Å²) in [5.74, 6) is 1.99. The molecule has 0 radical (unpaired) electrons. The molecule has 0 atom stereocenters. The van der Waals surface area contributed by atoms with Crippen LogP contribution in [0.4, 0.5) is 10.8 Å². The Kier molecular flexibility index (Phi) is 9.32. The number of pyridine rings is 1. The molecular formula is C34H44N4OS. The Hall–Kier alpha value is -3.22. The van der Waals surface area contributed by atoms with Crippen LogP contribution >= 0.6 is 11.3 Å². The number of benzene rings is 2. The number of nitrogens with zero attached hydrogens (tertiary/aromatic N) is 3. The zero-order chi connectivity index (χ0) is 28.9. The normalized spacial score (nSPS) is 12.2. The summed E-state index contributed by atoms with van der Waals surface area (Å²) in [6, 6.07) is 22.7. The summed E-state index contributed by atoms with van der Waals surface area (Å²) in [7, 11) is 2.21. The van der Waals surface area contributed by atoms with Gasteiger partial charge in [0.2, 0.25) is 5.88 Å². The van der Waals surface area contributed by atoms with Crippen LogP contribution in [0.2, 0.25) is 0 Å². The second-order valence-electron chi connectivity index (χ2n) is 12.7. The van der Waals surface area contributed by atoms with Gasteiger partial charge in [-0.3, -0.25) is 0 Å². The molecule has 4 rings (SSSR count). The van der Waals surface area contributed by atoms with Crippen molar-refractivity contribution >= 4 is 22.2 Å². The van der Waals surface area contributed by atoms with Gasteiger partial charge in [0.15, 0.2) is 5.13 Å². The van der Waals surface area contributed by atoms with Gasteiger partial charge in [0.1, 0.15) is 11.4 Å². The Morgan fingerprint density at radius 1 is 0.925 bits per heavy atom. The van der Waals surface area contributed by atoms with Crippen LogP contribution in [0, 0.1) is 5.92 Å². The monoisotopic (exact) mass is 556 g/mol. The highest BCUT2D eigenvalue weighted by atomic mass is 32.1. The molecule has 40 heavy (non-hydrogen) atoms. The van der Waals surface area contributed by atoms with Crippen LogP contribution in [0.25, 0.3) is 10.4 Å². The number of anilines is 2. The smallest absolute Gasteiger partial charge is 0.243 e. The van der Waals surface area contributed by atoms with Crippen LogP contribution in [0.1, 0.15) is 66.1 Å². The largest absolute Gasteiger partial charge is 0.437 e. The summed E-state index contributed by atoms with van der Waals surface area (Å²) < 4.78 is 6.42. The van der Waals surface area contributed by atoms with Crippen molar-refractivity contribution in [2.45, 2.75) is 65.7 Å². The molecule has 6 heteroatoms. The van der Waals surface area contributed by atoms with Gasteiger partial charge in [0.05, 0.1) is 10.6 Å². The molecule has 0 saturated heterocycles. The zero-order valence-corrected chi connectivity index (χ0v) is 26.1. The summed E-state index contributed by atoms with van der Waals surface area (Å²) in [6.07, 6.45) is 2.78. The molecule has 0 unspecified atom stereocenters. The third-order valence-corrected chi connectivity index (χ3v) is 8.03. The third-order valence-electron chi connectivity index (χ3n) is 7.01. The molecule has 4 aromatic rings. The van der Waals surface area contributed by atoms with E-state index >= 15 is 0 Å². The SMILES string of the molecule is CC(C)CN(C)CCC(C)(C)c1nc(Nc2cccnc2Oc2ccccc2C(C)(C)C)sc1-c1ccccc1. The van der Waals surface area contributed by atoms with E-state index in [2.05, 4.69) is 113 Å². The van der Waals surface area contributed by atoms with E-state index in [0.29, 0.717) is 11.8 Å². The molecule has 0 amide bonds. The maximum Gasteiger partial charge on any atom is 0.243 e. The number of para-hydroxylation sites is 1. The van der Waals surface area contributed by atoms with Crippen LogP contribution in [0.5, 0.6) is 11.6 Å². The van der Waals surface area contributed by atoms with Gasteiger partial charge in [-0.05, 0) is 55.1 Å². The van der Waals surface area contributed by atoms with E-state index in [1.807, 2.05) is 24.3 Å². The number of hydrogen-bond donors (Lipinski definition) is 1. The summed E-state index contributed by atoms with van der Waals surface area (Å²) >= 11 is 1.68. The Balaban J connectivity index is 1.66. The van der Waals surface area contributed by atoms with Gasteiger partial charge >= 0.3 is 0 Å². The Morgan fingerprint density at radius 2 is 1.62 bits per heavy atom. The minimum atomic E-state index is -0.104. The molecule has 0 fully saturated rings. The summed E-state index contributed by atoms with van der Waals surface area (Å²) in [6.45, 7) is 17.8. The lowest BCUT2D eigenvalue weighted by molar-refractivity contribution is 0.266. The lowest BCUT2D eigenvalue weighted by Gasteiger charge is -2.28. The number of rotatable bonds is 11. The number of ether oxygens (including phenoxy) is 1. The van der Waals surface area contributed by atoms with Gasteiger partial charge in [-0.2, -0.15) is 0 Å². The quantitative estimate of drug-likeness (QED) is 0.199. The molecule has 2 heterocycles. The molecule has 0 saturated carbocycles. The first-order chi connectivity index (χ1) is 18.9. The van der Waals surface area contributed by atoms with Gasteiger partial charge in [-0.25, -0.2) is 9.97 Å². The number of hydrogen-bond acceptors (Lipinski definition) is 6. The molecule has 1 N–H and O–H groups in total. The molecule has 2 aromatic heterocycles. The molecule has 0 aliphatic carbocycles. The van der Waals surface area contributed by atoms with Crippen molar-refractivity contribution in [3.63, 3.8) is 0 Å². The Morgan fingerprint density at radius 3 is 2.33 bits per heavy atom. The van der Waals surface area contributed by atoms with Crippen molar-refractivity contribution in [1.29, 1.82) is 0 Å². The molecule has 212 valence electrons. The zero-order valence-electron chi connectivity index (χ0n) is 25.3. The minimum absolute atomic E-state index is 0.0530. The van der Waals surface area contributed by atoms with Gasteiger partial charge < -0.3 is 15.0 Å². The molecule has 0 bridgehead atoms. The van der Waals surface area contributed by atoms with Crippen LogP contribution in [0.15, 0.2) is 72.9 Å². The predicted molar refractivity (Wildman–Crippen MR) is 170 cm³/mol. The molecular weight excluding hydrogens is 512 g/mol. The lowest BCUT2D eigenvalue weighted by atomic mass is 9.83. The average molecular weight is 557 g/mol. The first kappa shape index (κ1) is 29.8. The topological polar surface area (TPSA) is 50.3 Å². The highest BCUT2D eigenvalue weighted by Gasteiger charge is 2.29. The van der Waals surface area contributed by atoms with E-state index in [-0.39, 0.29) is 10.8 Å². The summed E-state index contributed by atoms with van der Waals surface area (Å²) in [5.41, 5.74) is 4.08. The van der Waals surface area contributed by atoms with E-state index in [1.165, 1.54) is 10.4 Å². The van der Waals surface area contributed by atoms with E-state index in [1.54, 1.807) is 17.5 Å². The van der Waals surface area contributed by atoms with Crippen molar-refractivity contribution in [2.75, 3.05) is 25.5 Å². The Labute approximate surface area is 244 Å². The molecule has 5 nitrogen and oxygen atoms in total. The summed E-state index contributed by atoms with van der Waals surface area (Å²) in [4.78, 5) is 13.4. The van der Waals surface area contributed by atoms with E-state index < -0.39 is 0 Å². The maximum atomic E-state index is 6.42. The Bertz CT molecular complexity index is 1390. The number of aromatic nitrogens is 2. The molecule has 0 spiro atoms. The van der Waals surface area contributed by atoms with Crippen molar-refractivity contribution in [3.05, 3.63) is 84.2 Å². The second-order valence-corrected chi connectivity index (χ2v) is 13.7. The maximum absolute atomic E-state index is 6.42. The van der Waals surface area contributed by atoms with Gasteiger partial charge in [-0.1, -0.05) is 108 Å². The van der Waals surface area contributed by atoms with Gasteiger partial charge in [0.25, 0.3) is 0 Å². The fraction of sp³-hybridized carbons (Fsp3) is 0.412.